The fourth-order valence-corrected chi connectivity index (χ4v) is 1.52. The van der Waals surface area contributed by atoms with Crippen LogP contribution in [0.5, 0.6) is 5.75 Å². The summed E-state index contributed by atoms with van der Waals surface area (Å²) < 4.78 is 43.3. The van der Waals surface area contributed by atoms with Gasteiger partial charge in [-0.2, -0.15) is 0 Å². The van der Waals surface area contributed by atoms with Gasteiger partial charge in [0.15, 0.2) is 11.6 Å². The van der Waals surface area contributed by atoms with Crippen LogP contribution >= 0.6 is 0 Å². The number of alkyl halides is 2. The largest absolute Gasteiger partial charge is 0.490 e. The van der Waals surface area contributed by atoms with E-state index in [-0.39, 0.29) is 11.4 Å². The maximum Gasteiger partial charge on any atom is 0.255 e. The maximum atomic E-state index is 13.5. The van der Waals surface area contributed by atoms with E-state index in [1.165, 1.54) is 18.0 Å². The third-order valence-electron chi connectivity index (χ3n) is 2.37. The molecule has 0 aliphatic heterocycles. The molecular weight excluding hydrogens is 245 g/mol. The second-order valence-corrected chi connectivity index (χ2v) is 3.96. The smallest absolute Gasteiger partial charge is 0.255 e. The first kappa shape index (κ1) is 14.5. The maximum absolute atomic E-state index is 13.5. The van der Waals surface area contributed by atoms with Crippen molar-refractivity contribution in [2.24, 2.45) is 0 Å². The molecular formula is C12H17F3N2O. The van der Waals surface area contributed by atoms with E-state index in [2.05, 4.69) is 0 Å². The van der Waals surface area contributed by atoms with Gasteiger partial charge in [0.25, 0.3) is 6.43 Å². The number of nitrogen functional groups attached to an aromatic ring is 1. The van der Waals surface area contributed by atoms with Gasteiger partial charge >= 0.3 is 0 Å². The first-order valence-electron chi connectivity index (χ1n) is 5.66. The van der Waals surface area contributed by atoms with Crippen molar-refractivity contribution < 1.29 is 17.9 Å². The highest BCUT2D eigenvalue weighted by atomic mass is 19.3. The first-order valence-corrected chi connectivity index (χ1v) is 5.66. The van der Waals surface area contributed by atoms with E-state index in [1.807, 2.05) is 6.92 Å². The Hall–Kier alpha value is -1.59. The van der Waals surface area contributed by atoms with Crippen molar-refractivity contribution in [2.75, 3.05) is 30.8 Å². The van der Waals surface area contributed by atoms with Gasteiger partial charge in [0.2, 0.25) is 0 Å². The van der Waals surface area contributed by atoms with E-state index in [0.29, 0.717) is 12.3 Å². The Bertz CT molecular complexity index is 399. The fraction of sp³-hybridized carbons (Fsp3) is 0.500. The Balaban J connectivity index is 2.96. The molecule has 0 bridgehead atoms. The normalized spacial score (nSPS) is 10.8. The first-order chi connectivity index (χ1) is 8.45. The van der Waals surface area contributed by atoms with Crippen LogP contribution < -0.4 is 15.4 Å². The van der Waals surface area contributed by atoms with E-state index in [9.17, 15) is 13.2 Å². The highest BCUT2D eigenvalue weighted by molar-refractivity contribution is 5.69. The Labute approximate surface area is 104 Å². The van der Waals surface area contributed by atoms with Crippen LogP contribution in [0.4, 0.5) is 24.5 Å². The molecule has 0 saturated heterocycles. The topological polar surface area (TPSA) is 38.5 Å². The number of nitrogens with two attached hydrogens (primary N) is 1. The van der Waals surface area contributed by atoms with Gasteiger partial charge in [-0.3, -0.25) is 0 Å². The van der Waals surface area contributed by atoms with Crippen LogP contribution in [-0.2, 0) is 0 Å². The molecule has 0 aromatic heterocycles. The van der Waals surface area contributed by atoms with Crippen LogP contribution in [0.1, 0.15) is 13.3 Å². The van der Waals surface area contributed by atoms with Crippen LogP contribution in [0.15, 0.2) is 12.1 Å². The van der Waals surface area contributed by atoms with Crippen molar-refractivity contribution in [3.8, 4) is 5.75 Å². The van der Waals surface area contributed by atoms with Crippen molar-refractivity contribution in [2.45, 2.75) is 19.8 Å². The van der Waals surface area contributed by atoms with Crippen molar-refractivity contribution >= 4 is 11.4 Å². The van der Waals surface area contributed by atoms with Crippen LogP contribution in [0.25, 0.3) is 0 Å². The summed E-state index contributed by atoms with van der Waals surface area (Å²) in [5.74, 6) is -0.558. The fourth-order valence-electron chi connectivity index (χ4n) is 1.52. The summed E-state index contributed by atoms with van der Waals surface area (Å²) in [5, 5.41) is 0. The zero-order valence-corrected chi connectivity index (χ0v) is 10.4. The Morgan fingerprint density at radius 2 is 2.06 bits per heavy atom. The Kier molecular flexibility index (Phi) is 5.12. The third kappa shape index (κ3) is 3.72. The van der Waals surface area contributed by atoms with Gasteiger partial charge < -0.3 is 15.4 Å². The minimum absolute atomic E-state index is 0.0298. The van der Waals surface area contributed by atoms with E-state index in [0.717, 1.165) is 12.5 Å². The molecule has 6 heteroatoms. The lowest BCUT2D eigenvalue weighted by Gasteiger charge is -2.21. The van der Waals surface area contributed by atoms with Crippen molar-refractivity contribution in [1.82, 2.24) is 0 Å². The average molecular weight is 262 g/mol. The molecule has 0 heterocycles. The van der Waals surface area contributed by atoms with Gasteiger partial charge in [0.05, 0.1) is 24.5 Å². The molecule has 1 aromatic carbocycles. The summed E-state index contributed by atoms with van der Waals surface area (Å²) in [7, 11) is 1.47. The van der Waals surface area contributed by atoms with Gasteiger partial charge in [-0.15, -0.1) is 0 Å². The van der Waals surface area contributed by atoms with Crippen LogP contribution in [0.2, 0.25) is 0 Å². The standard InChI is InChI=1S/C12H17F3N2O/c1-3-4-18-11-6-10(9(16)5-8(11)13)17(2)7-12(14)15/h5-6,12H,3-4,7,16H2,1-2H3. The molecule has 0 saturated carbocycles. The van der Waals surface area contributed by atoms with Gasteiger partial charge in [0.1, 0.15) is 0 Å². The minimum atomic E-state index is -2.49. The van der Waals surface area contributed by atoms with Gasteiger partial charge in [-0.1, -0.05) is 6.92 Å². The predicted octanol–water partition coefficient (Wildman–Crippen LogP) is 2.90. The van der Waals surface area contributed by atoms with E-state index < -0.39 is 18.8 Å². The number of anilines is 2. The molecule has 0 spiro atoms. The molecule has 0 aliphatic rings. The number of benzene rings is 1. The van der Waals surface area contributed by atoms with E-state index >= 15 is 0 Å². The molecule has 0 amide bonds. The zero-order valence-electron chi connectivity index (χ0n) is 10.4. The van der Waals surface area contributed by atoms with Crippen LogP contribution in [-0.4, -0.2) is 26.6 Å². The van der Waals surface area contributed by atoms with Gasteiger partial charge in [0, 0.05) is 19.2 Å². The number of halogens is 3. The van der Waals surface area contributed by atoms with Crippen molar-refractivity contribution in [1.29, 1.82) is 0 Å². The quantitative estimate of drug-likeness (QED) is 0.801. The summed E-state index contributed by atoms with van der Waals surface area (Å²) in [5.41, 5.74) is 6.06. The summed E-state index contributed by atoms with van der Waals surface area (Å²) in [4.78, 5) is 1.28. The van der Waals surface area contributed by atoms with Gasteiger partial charge in [-0.25, -0.2) is 13.2 Å². The summed E-state index contributed by atoms with van der Waals surface area (Å²) in [6, 6.07) is 2.44. The monoisotopic (exact) mass is 262 g/mol. The lowest BCUT2D eigenvalue weighted by Crippen LogP contribution is -2.25. The number of hydrogen-bond acceptors (Lipinski definition) is 3. The summed E-state index contributed by atoms with van der Waals surface area (Å²) >= 11 is 0. The Morgan fingerprint density at radius 1 is 1.39 bits per heavy atom. The lowest BCUT2D eigenvalue weighted by atomic mass is 10.2. The number of hydrogen-bond donors (Lipinski definition) is 1. The molecule has 3 nitrogen and oxygen atoms in total. The molecule has 0 aliphatic carbocycles. The van der Waals surface area contributed by atoms with E-state index in [4.69, 9.17) is 10.5 Å². The van der Waals surface area contributed by atoms with Crippen LogP contribution in [0, 0.1) is 5.82 Å². The highest BCUT2D eigenvalue weighted by Gasteiger charge is 2.15. The number of ether oxygens (including phenoxy) is 1. The molecule has 0 atom stereocenters. The molecule has 1 rings (SSSR count). The summed E-state index contributed by atoms with van der Waals surface area (Å²) in [6.45, 7) is 1.78. The minimum Gasteiger partial charge on any atom is -0.490 e. The molecule has 18 heavy (non-hydrogen) atoms. The van der Waals surface area contributed by atoms with E-state index in [1.54, 1.807) is 0 Å². The van der Waals surface area contributed by atoms with Crippen LogP contribution in [0.3, 0.4) is 0 Å². The molecule has 1 aromatic rings. The second-order valence-electron chi connectivity index (χ2n) is 3.96. The SMILES string of the molecule is CCCOc1cc(N(C)CC(F)F)c(N)cc1F. The zero-order chi connectivity index (χ0) is 13.7. The third-order valence-corrected chi connectivity index (χ3v) is 2.37. The second kappa shape index (κ2) is 6.37. The molecule has 0 radical (unpaired) electrons. The van der Waals surface area contributed by atoms with Crippen molar-refractivity contribution in [3.63, 3.8) is 0 Å². The summed E-state index contributed by atoms with van der Waals surface area (Å²) in [6.07, 6.45) is -1.76. The Morgan fingerprint density at radius 3 is 2.61 bits per heavy atom. The van der Waals surface area contributed by atoms with Gasteiger partial charge in [-0.05, 0) is 6.42 Å². The molecule has 0 unspecified atom stereocenters. The molecule has 102 valence electrons. The predicted molar refractivity (Wildman–Crippen MR) is 65.9 cm³/mol. The average Bonchev–Trinajstić information content (AvgIpc) is 2.26. The number of rotatable bonds is 6. The lowest BCUT2D eigenvalue weighted by molar-refractivity contribution is 0.156. The van der Waals surface area contributed by atoms with Crippen molar-refractivity contribution in [3.05, 3.63) is 17.9 Å². The molecule has 0 fully saturated rings. The number of nitrogens with zero attached hydrogens (tertiary/aromatic N) is 1. The molecule has 2 N–H and O–H groups in total. The highest BCUT2D eigenvalue weighted by Crippen LogP contribution is 2.30.